The Balaban J connectivity index is 3.87. The van der Waals surface area contributed by atoms with Crippen LogP contribution in [0.4, 0.5) is 0 Å². The van der Waals surface area contributed by atoms with Crippen molar-refractivity contribution >= 4 is 30.7 Å². The van der Waals surface area contributed by atoms with E-state index in [2.05, 4.69) is 0 Å². The first-order chi connectivity index (χ1) is 8.31. The van der Waals surface area contributed by atoms with Crippen LogP contribution in [0.2, 0.25) is 6.04 Å². The zero-order valence-corrected chi connectivity index (χ0v) is 13.8. The van der Waals surface area contributed by atoms with Gasteiger partial charge in [0, 0.05) is 33.1 Å². The first kappa shape index (κ1) is 18.4. The highest BCUT2D eigenvalue weighted by Crippen LogP contribution is 2.18. The van der Waals surface area contributed by atoms with Gasteiger partial charge >= 0.3 is 8.80 Å². The molecule has 0 aliphatic rings. The molecular formula is C9H22O6S2Si. The molecule has 0 amide bonds. The van der Waals surface area contributed by atoms with Crippen LogP contribution < -0.4 is 0 Å². The summed E-state index contributed by atoms with van der Waals surface area (Å²) in [5.74, 6) is 1.14. The molecule has 1 N–H and O–H groups in total. The molecule has 18 heavy (non-hydrogen) atoms. The molecule has 0 aliphatic heterocycles. The van der Waals surface area contributed by atoms with E-state index in [1.165, 1.54) is 18.7 Å². The summed E-state index contributed by atoms with van der Waals surface area (Å²) in [6.07, 6.45) is 0.810. The summed E-state index contributed by atoms with van der Waals surface area (Å²) in [6, 6.07) is 0.684. The van der Waals surface area contributed by atoms with Crippen molar-refractivity contribution < 1.29 is 26.2 Å². The molecule has 0 aromatic carbocycles. The zero-order chi connectivity index (χ0) is 14.2. The molecule has 0 radical (unpaired) electrons. The largest absolute Gasteiger partial charge is 0.500 e. The van der Waals surface area contributed by atoms with E-state index in [-0.39, 0.29) is 0 Å². The highest BCUT2D eigenvalue weighted by molar-refractivity contribution is 8.00. The first-order valence-corrected chi connectivity index (χ1v) is 10.1. The molecule has 0 aromatic rings. The second kappa shape index (κ2) is 8.51. The van der Waals surface area contributed by atoms with E-state index in [1.807, 2.05) is 0 Å². The lowest BCUT2D eigenvalue weighted by Crippen LogP contribution is -2.42. The Morgan fingerprint density at radius 3 is 2.11 bits per heavy atom. The van der Waals surface area contributed by atoms with Gasteiger partial charge in [0.25, 0.3) is 10.1 Å². The fraction of sp³-hybridized carbons (Fsp3) is 1.00. The van der Waals surface area contributed by atoms with Crippen molar-refractivity contribution in [1.29, 1.82) is 0 Å². The Kier molecular flexibility index (Phi) is 8.68. The van der Waals surface area contributed by atoms with Gasteiger partial charge < -0.3 is 13.3 Å². The standard InChI is InChI=1S/C9H22O6S2Si/c1-9(17(10,11)12)8-16-6-5-7-18(13-2,14-3)15-4/h9H,5-8H2,1-4H3,(H,10,11,12). The predicted octanol–water partition coefficient (Wildman–Crippen LogP) is 1.26. The zero-order valence-electron chi connectivity index (χ0n) is 11.2. The Labute approximate surface area is 115 Å². The minimum Gasteiger partial charge on any atom is -0.377 e. The fourth-order valence-corrected chi connectivity index (χ4v) is 5.08. The second-order valence-corrected chi connectivity index (χ2v) is 9.87. The molecule has 0 fully saturated rings. The average molecular weight is 318 g/mol. The van der Waals surface area contributed by atoms with Crippen molar-refractivity contribution in [2.75, 3.05) is 32.8 Å². The van der Waals surface area contributed by atoms with Crippen LogP contribution in [0, 0.1) is 0 Å². The van der Waals surface area contributed by atoms with Crippen LogP contribution in [0.15, 0.2) is 0 Å². The number of rotatable bonds is 10. The molecule has 0 rings (SSSR count). The van der Waals surface area contributed by atoms with Crippen molar-refractivity contribution in [1.82, 2.24) is 0 Å². The lowest BCUT2D eigenvalue weighted by molar-refractivity contribution is 0.123. The molecule has 6 nitrogen and oxygen atoms in total. The third-order valence-corrected chi connectivity index (χ3v) is 8.11. The molecule has 1 atom stereocenters. The third-order valence-electron chi connectivity index (χ3n) is 2.57. The maximum absolute atomic E-state index is 10.8. The highest BCUT2D eigenvalue weighted by atomic mass is 32.2. The van der Waals surface area contributed by atoms with Crippen molar-refractivity contribution in [3.63, 3.8) is 0 Å². The van der Waals surface area contributed by atoms with E-state index < -0.39 is 24.2 Å². The molecular weight excluding hydrogens is 296 g/mol. The lowest BCUT2D eigenvalue weighted by atomic mass is 10.6. The van der Waals surface area contributed by atoms with E-state index >= 15 is 0 Å². The van der Waals surface area contributed by atoms with Crippen molar-refractivity contribution in [2.24, 2.45) is 0 Å². The van der Waals surface area contributed by atoms with Gasteiger partial charge in [0.2, 0.25) is 0 Å². The summed E-state index contributed by atoms with van der Waals surface area (Å²) < 4.78 is 46.2. The Hall–Kier alpha value is 0.357. The lowest BCUT2D eigenvalue weighted by Gasteiger charge is -2.24. The van der Waals surface area contributed by atoms with Gasteiger partial charge in [-0.05, 0) is 19.1 Å². The summed E-state index contributed by atoms with van der Waals surface area (Å²) in [6.45, 7) is 1.49. The van der Waals surface area contributed by atoms with Gasteiger partial charge in [-0.25, -0.2) is 0 Å². The quantitative estimate of drug-likeness (QED) is 0.369. The molecule has 0 saturated heterocycles. The minimum atomic E-state index is -3.92. The maximum Gasteiger partial charge on any atom is 0.500 e. The van der Waals surface area contributed by atoms with Gasteiger partial charge in [-0.2, -0.15) is 20.2 Å². The fourth-order valence-electron chi connectivity index (χ4n) is 1.28. The van der Waals surface area contributed by atoms with Crippen molar-refractivity contribution in [3.05, 3.63) is 0 Å². The summed E-state index contributed by atoms with van der Waals surface area (Å²) in [5, 5.41) is -0.739. The van der Waals surface area contributed by atoms with Crippen LogP contribution >= 0.6 is 11.8 Å². The highest BCUT2D eigenvalue weighted by Gasteiger charge is 2.36. The monoisotopic (exact) mass is 318 g/mol. The number of thioether (sulfide) groups is 1. The van der Waals surface area contributed by atoms with E-state index in [0.717, 1.165) is 12.2 Å². The van der Waals surface area contributed by atoms with Crippen molar-refractivity contribution in [2.45, 2.75) is 24.6 Å². The molecule has 0 saturated carbocycles. The molecule has 110 valence electrons. The summed E-state index contributed by atoms with van der Waals surface area (Å²) in [7, 11) is -1.74. The van der Waals surface area contributed by atoms with E-state index in [4.69, 9.17) is 17.8 Å². The van der Waals surface area contributed by atoms with Crippen LogP contribution in [0.1, 0.15) is 13.3 Å². The van der Waals surface area contributed by atoms with Crippen LogP contribution in [0.5, 0.6) is 0 Å². The SMILES string of the molecule is CO[Si](CCCSCC(C)S(=O)(=O)O)(OC)OC. The first-order valence-electron chi connectivity index (χ1n) is 5.51. The van der Waals surface area contributed by atoms with Gasteiger partial charge in [0.15, 0.2) is 0 Å². The summed E-state index contributed by atoms with van der Waals surface area (Å²) in [4.78, 5) is 0. The molecule has 0 aromatic heterocycles. The molecule has 0 bridgehead atoms. The number of hydrogen-bond acceptors (Lipinski definition) is 6. The van der Waals surface area contributed by atoms with Gasteiger partial charge in [0.1, 0.15) is 0 Å². The van der Waals surface area contributed by atoms with Gasteiger partial charge in [-0.3, -0.25) is 4.55 Å². The van der Waals surface area contributed by atoms with Gasteiger partial charge in [-0.15, -0.1) is 0 Å². The summed E-state index contributed by atoms with van der Waals surface area (Å²) in [5.41, 5.74) is 0. The second-order valence-electron chi connectivity index (χ2n) is 3.80. The van der Waals surface area contributed by atoms with Crippen LogP contribution in [0.25, 0.3) is 0 Å². The van der Waals surface area contributed by atoms with E-state index in [0.29, 0.717) is 11.8 Å². The topological polar surface area (TPSA) is 82.1 Å². The Bertz CT molecular complexity index is 309. The van der Waals surface area contributed by atoms with Crippen LogP contribution in [0.3, 0.4) is 0 Å². The smallest absolute Gasteiger partial charge is 0.377 e. The number of hydrogen-bond donors (Lipinski definition) is 1. The summed E-state index contributed by atoms with van der Waals surface area (Å²) >= 11 is 1.48. The third kappa shape index (κ3) is 6.50. The van der Waals surface area contributed by atoms with Crippen LogP contribution in [-0.4, -0.2) is 59.9 Å². The van der Waals surface area contributed by atoms with E-state index in [9.17, 15) is 8.42 Å². The molecule has 0 spiro atoms. The molecule has 0 aliphatic carbocycles. The molecule has 1 unspecified atom stereocenters. The molecule has 0 heterocycles. The average Bonchev–Trinajstić information content (AvgIpc) is 2.33. The predicted molar refractivity (Wildman–Crippen MR) is 74.5 cm³/mol. The van der Waals surface area contributed by atoms with Gasteiger partial charge in [-0.1, -0.05) is 0 Å². The van der Waals surface area contributed by atoms with E-state index in [1.54, 1.807) is 21.3 Å². The van der Waals surface area contributed by atoms with Gasteiger partial charge in [0.05, 0.1) is 5.25 Å². The Morgan fingerprint density at radius 1 is 1.22 bits per heavy atom. The maximum atomic E-state index is 10.8. The normalized spacial score (nSPS) is 14.7. The minimum absolute atomic E-state index is 0.375. The van der Waals surface area contributed by atoms with Crippen LogP contribution in [-0.2, 0) is 23.4 Å². The van der Waals surface area contributed by atoms with Crippen molar-refractivity contribution in [3.8, 4) is 0 Å². The molecule has 9 heteroatoms. The Morgan fingerprint density at radius 2 is 1.72 bits per heavy atom.